The number of benzene rings is 1. The van der Waals surface area contributed by atoms with Gasteiger partial charge in [-0.1, -0.05) is 32.9 Å². The summed E-state index contributed by atoms with van der Waals surface area (Å²) in [5.41, 5.74) is 9.00. The lowest BCUT2D eigenvalue weighted by atomic mass is 9.87. The molecule has 0 bridgehead atoms. The number of aryl methyl sites for hydroxylation is 4. The lowest BCUT2D eigenvalue weighted by molar-refractivity contribution is -0.660. The van der Waals surface area contributed by atoms with Crippen LogP contribution in [-0.4, -0.2) is 4.98 Å². The van der Waals surface area contributed by atoms with Crippen molar-refractivity contribution >= 4 is 22.1 Å². The summed E-state index contributed by atoms with van der Waals surface area (Å²) < 4.78 is 8.54. The fraction of sp³-hybridized carbons (Fsp3) is 0.360. The molecule has 0 radical (unpaired) electrons. The van der Waals surface area contributed by atoms with Crippen molar-refractivity contribution in [2.75, 3.05) is 0 Å². The minimum atomic E-state index is 0.246. The van der Waals surface area contributed by atoms with Crippen LogP contribution in [0.25, 0.3) is 33.3 Å². The van der Waals surface area contributed by atoms with Crippen molar-refractivity contribution in [3.63, 3.8) is 0 Å². The van der Waals surface area contributed by atoms with E-state index in [9.17, 15) is 0 Å². The Kier molecular flexibility index (Phi) is 4.29. The molecule has 3 heterocycles. The zero-order valence-corrected chi connectivity index (χ0v) is 18.0. The van der Waals surface area contributed by atoms with Gasteiger partial charge in [-0.05, 0) is 55.4 Å². The molecule has 0 aliphatic heterocycles. The monoisotopic (exact) mass is 373 g/mol. The first-order valence-corrected chi connectivity index (χ1v) is 9.93. The van der Waals surface area contributed by atoms with Crippen molar-refractivity contribution in [3.05, 3.63) is 58.9 Å². The molecule has 28 heavy (non-hydrogen) atoms. The molecule has 0 fully saturated rings. The molecule has 3 aromatic heterocycles. The van der Waals surface area contributed by atoms with Gasteiger partial charge in [-0.15, -0.1) is 0 Å². The molecular formula is C25H29N2O+. The maximum Gasteiger partial charge on any atom is 0.227 e. The maximum atomic E-state index is 6.35. The smallest absolute Gasteiger partial charge is 0.227 e. The summed E-state index contributed by atoms with van der Waals surface area (Å²) in [4.78, 5) is 4.65. The van der Waals surface area contributed by atoms with Crippen LogP contribution in [0, 0.1) is 26.2 Å². The number of rotatable bonds is 2. The molecule has 0 aliphatic carbocycles. The van der Waals surface area contributed by atoms with Crippen molar-refractivity contribution in [2.24, 2.45) is 12.5 Å². The number of hydrogen-bond donors (Lipinski definition) is 0. The summed E-state index contributed by atoms with van der Waals surface area (Å²) >= 11 is 0. The summed E-state index contributed by atoms with van der Waals surface area (Å²) in [6, 6.07) is 11.0. The van der Waals surface area contributed by atoms with Crippen LogP contribution in [0.4, 0.5) is 0 Å². The Labute approximate surface area is 167 Å². The average Bonchev–Trinajstić information content (AvgIpc) is 2.94. The van der Waals surface area contributed by atoms with Crippen LogP contribution in [0.5, 0.6) is 0 Å². The summed E-state index contributed by atoms with van der Waals surface area (Å²) in [5.74, 6) is 0. The van der Waals surface area contributed by atoms with Gasteiger partial charge in [-0.25, -0.2) is 9.55 Å². The highest BCUT2D eigenvalue weighted by Crippen LogP contribution is 2.38. The molecule has 4 rings (SSSR count). The highest BCUT2D eigenvalue weighted by atomic mass is 16.3. The molecule has 3 nitrogen and oxygen atoms in total. The zero-order chi connectivity index (χ0) is 20.2. The molecule has 4 aromatic rings. The Hall–Kier alpha value is -2.68. The predicted octanol–water partition coefficient (Wildman–Crippen LogP) is 5.99. The molecule has 0 spiro atoms. The van der Waals surface area contributed by atoms with E-state index in [1.165, 1.54) is 22.4 Å². The number of hydrogen-bond acceptors (Lipinski definition) is 2. The predicted molar refractivity (Wildman–Crippen MR) is 115 cm³/mol. The molecule has 0 amide bonds. The first-order chi connectivity index (χ1) is 13.1. The van der Waals surface area contributed by atoms with E-state index in [2.05, 4.69) is 87.7 Å². The van der Waals surface area contributed by atoms with Gasteiger partial charge < -0.3 is 4.42 Å². The van der Waals surface area contributed by atoms with Gasteiger partial charge in [0.1, 0.15) is 7.05 Å². The van der Waals surface area contributed by atoms with Crippen molar-refractivity contribution in [1.29, 1.82) is 0 Å². The molecule has 0 aliphatic rings. The van der Waals surface area contributed by atoms with Gasteiger partial charge >= 0.3 is 0 Å². The Bertz CT molecular complexity index is 1210. The molecular weight excluding hydrogens is 344 g/mol. The topological polar surface area (TPSA) is 29.9 Å². The fourth-order valence-electron chi connectivity index (χ4n) is 4.19. The molecule has 0 saturated carbocycles. The number of furan rings is 1. The van der Waals surface area contributed by atoms with Crippen molar-refractivity contribution < 1.29 is 8.98 Å². The van der Waals surface area contributed by atoms with Crippen LogP contribution in [0.2, 0.25) is 0 Å². The van der Waals surface area contributed by atoms with Crippen molar-refractivity contribution in [3.8, 4) is 11.3 Å². The highest BCUT2D eigenvalue weighted by Gasteiger charge is 2.23. The van der Waals surface area contributed by atoms with Gasteiger partial charge in [0.05, 0.1) is 10.9 Å². The van der Waals surface area contributed by atoms with Crippen molar-refractivity contribution in [2.45, 2.75) is 48.0 Å². The number of aromatic nitrogens is 2. The Morgan fingerprint density at radius 3 is 2.46 bits per heavy atom. The Balaban J connectivity index is 2.03. The largest absolute Gasteiger partial charge is 0.437 e. The molecule has 0 saturated heterocycles. The molecule has 1 aromatic carbocycles. The third-order valence-electron chi connectivity index (χ3n) is 5.35. The molecule has 144 valence electrons. The SMILES string of the molecule is Cc1cc(C)c2c(n1)oc1c(-c3cc(CC(C)(C)C)cc[n+]3C)c(C)ccc12. The highest BCUT2D eigenvalue weighted by molar-refractivity contribution is 6.10. The van der Waals surface area contributed by atoms with E-state index in [1.807, 2.05) is 6.92 Å². The lowest BCUT2D eigenvalue weighted by Gasteiger charge is -2.18. The van der Waals surface area contributed by atoms with Crippen LogP contribution in [0.3, 0.4) is 0 Å². The summed E-state index contributed by atoms with van der Waals surface area (Å²) in [7, 11) is 2.10. The third-order valence-corrected chi connectivity index (χ3v) is 5.35. The average molecular weight is 374 g/mol. The van der Waals surface area contributed by atoms with Crippen LogP contribution in [0.1, 0.15) is 43.2 Å². The van der Waals surface area contributed by atoms with Gasteiger partial charge in [0, 0.05) is 23.2 Å². The third kappa shape index (κ3) is 3.19. The Morgan fingerprint density at radius 2 is 1.75 bits per heavy atom. The standard InChI is InChI=1S/C25H29N2O/c1-15-8-9-19-21-16(2)12-17(3)26-24(21)28-23(19)22(15)20-13-18(10-11-27(20)7)14-25(4,5)6/h8-13H,14H2,1-7H3/q+1. The van der Waals surface area contributed by atoms with Gasteiger partial charge in [0.15, 0.2) is 11.8 Å². The van der Waals surface area contributed by atoms with E-state index in [1.54, 1.807) is 0 Å². The zero-order valence-electron chi connectivity index (χ0n) is 18.0. The molecule has 0 atom stereocenters. The van der Waals surface area contributed by atoms with E-state index in [-0.39, 0.29) is 5.41 Å². The second kappa shape index (κ2) is 6.44. The van der Waals surface area contributed by atoms with E-state index >= 15 is 0 Å². The summed E-state index contributed by atoms with van der Waals surface area (Å²) in [6.45, 7) is 13.1. The minimum absolute atomic E-state index is 0.246. The maximum absolute atomic E-state index is 6.35. The number of nitrogens with zero attached hydrogens (tertiary/aromatic N) is 2. The van der Waals surface area contributed by atoms with E-state index in [4.69, 9.17) is 4.42 Å². The number of fused-ring (bicyclic) bond motifs is 3. The first kappa shape index (κ1) is 18.7. The van der Waals surface area contributed by atoms with Gasteiger partial charge in [0.2, 0.25) is 11.4 Å². The normalized spacial score (nSPS) is 12.2. The minimum Gasteiger partial charge on any atom is -0.437 e. The quantitative estimate of drug-likeness (QED) is 0.404. The second-order valence-electron chi connectivity index (χ2n) is 9.27. The van der Waals surface area contributed by atoms with E-state index in [0.29, 0.717) is 0 Å². The fourth-order valence-corrected chi connectivity index (χ4v) is 4.19. The second-order valence-corrected chi connectivity index (χ2v) is 9.27. The Morgan fingerprint density at radius 1 is 1.00 bits per heavy atom. The van der Waals surface area contributed by atoms with Crippen LogP contribution in [0.15, 0.2) is 40.9 Å². The molecule has 3 heteroatoms. The van der Waals surface area contributed by atoms with E-state index in [0.717, 1.165) is 39.7 Å². The summed E-state index contributed by atoms with van der Waals surface area (Å²) in [5, 5.41) is 2.26. The molecule has 0 N–H and O–H groups in total. The van der Waals surface area contributed by atoms with Crippen molar-refractivity contribution in [1.82, 2.24) is 4.98 Å². The van der Waals surface area contributed by atoms with Gasteiger partial charge in [0.25, 0.3) is 0 Å². The summed E-state index contributed by atoms with van der Waals surface area (Å²) in [6.07, 6.45) is 3.20. The lowest BCUT2D eigenvalue weighted by Crippen LogP contribution is -2.31. The van der Waals surface area contributed by atoms with Crippen LogP contribution < -0.4 is 4.57 Å². The first-order valence-electron chi connectivity index (χ1n) is 9.93. The van der Waals surface area contributed by atoms with Gasteiger partial charge in [-0.2, -0.15) is 0 Å². The number of pyridine rings is 2. The molecule has 0 unspecified atom stereocenters. The van der Waals surface area contributed by atoms with Gasteiger partial charge in [-0.3, -0.25) is 0 Å². The van der Waals surface area contributed by atoms with Crippen LogP contribution in [-0.2, 0) is 13.5 Å². The van der Waals surface area contributed by atoms with E-state index < -0.39 is 0 Å². The van der Waals surface area contributed by atoms with Crippen LogP contribution >= 0.6 is 0 Å².